The smallest absolute Gasteiger partial charge is 0.222 e. The minimum absolute atomic E-state index is 0.108. The molecule has 4 rings (SSSR count). The fraction of sp³-hybridized carbons (Fsp3) is 0.0476. The van der Waals surface area contributed by atoms with Crippen molar-refractivity contribution in [2.75, 3.05) is 11.5 Å². The maximum Gasteiger partial charge on any atom is 0.222 e. The number of hydrogen-bond acceptors (Lipinski definition) is 4. The van der Waals surface area contributed by atoms with Gasteiger partial charge >= 0.3 is 0 Å². The Morgan fingerprint density at radius 3 is 2.19 bits per heavy atom. The van der Waals surface area contributed by atoms with Crippen molar-refractivity contribution in [3.05, 3.63) is 71.8 Å². The van der Waals surface area contributed by atoms with Crippen LogP contribution in [0, 0.1) is 18.6 Å². The molecule has 27 heavy (non-hydrogen) atoms. The van der Waals surface area contributed by atoms with Gasteiger partial charge in [-0.1, -0.05) is 18.2 Å². The summed E-state index contributed by atoms with van der Waals surface area (Å²) in [5, 5.41) is 0.689. The number of aromatic nitrogens is 2. The van der Waals surface area contributed by atoms with Gasteiger partial charge in [0.25, 0.3) is 0 Å². The molecule has 0 saturated carbocycles. The standard InChI is InChI=1S/C21H16F2N4/c1-11-17(6-7-18-19(11)20(24)27-21(25)26-18)14-8-13(9-16(23)10-14)12-2-4-15(22)5-3-12/h2-10H,1H3,(H4,24,25,26,27). The van der Waals surface area contributed by atoms with Gasteiger partial charge in [-0.15, -0.1) is 0 Å². The van der Waals surface area contributed by atoms with Crippen LogP contribution < -0.4 is 11.5 Å². The number of benzene rings is 3. The summed E-state index contributed by atoms with van der Waals surface area (Å²) in [7, 11) is 0. The maximum absolute atomic E-state index is 14.3. The van der Waals surface area contributed by atoms with Crippen LogP contribution in [0.4, 0.5) is 20.5 Å². The highest BCUT2D eigenvalue weighted by molar-refractivity contribution is 5.96. The van der Waals surface area contributed by atoms with Crippen molar-refractivity contribution in [1.29, 1.82) is 0 Å². The van der Waals surface area contributed by atoms with Gasteiger partial charge in [0.05, 0.1) is 5.52 Å². The molecule has 0 fully saturated rings. The molecule has 1 heterocycles. The second-order valence-electron chi connectivity index (χ2n) is 6.33. The van der Waals surface area contributed by atoms with Crippen LogP contribution in [0.5, 0.6) is 0 Å². The van der Waals surface area contributed by atoms with E-state index >= 15 is 0 Å². The van der Waals surface area contributed by atoms with E-state index in [0.717, 1.165) is 16.7 Å². The first-order valence-corrected chi connectivity index (χ1v) is 8.31. The van der Waals surface area contributed by atoms with Gasteiger partial charge < -0.3 is 11.5 Å². The summed E-state index contributed by atoms with van der Waals surface area (Å²) in [5.41, 5.74) is 16.0. The van der Waals surface area contributed by atoms with Crippen LogP contribution in [-0.2, 0) is 0 Å². The van der Waals surface area contributed by atoms with Crippen LogP contribution in [0.1, 0.15) is 5.56 Å². The molecule has 4 N–H and O–H groups in total. The third kappa shape index (κ3) is 3.06. The first kappa shape index (κ1) is 16.9. The minimum atomic E-state index is -0.382. The van der Waals surface area contributed by atoms with Crippen LogP contribution >= 0.6 is 0 Å². The highest BCUT2D eigenvalue weighted by Gasteiger charge is 2.13. The van der Waals surface area contributed by atoms with Crippen LogP contribution in [0.2, 0.25) is 0 Å². The van der Waals surface area contributed by atoms with E-state index < -0.39 is 0 Å². The normalized spacial score (nSPS) is 11.1. The van der Waals surface area contributed by atoms with Crippen LogP contribution in [0.3, 0.4) is 0 Å². The number of fused-ring (bicyclic) bond motifs is 1. The first-order valence-electron chi connectivity index (χ1n) is 8.31. The highest BCUT2D eigenvalue weighted by atomic mass is 19.1. The minimum Gasteiger partial charge on any atom is -0.383 e. The fourth-order valence-corrected chi connectivity index (χ4v) is 3.31. The third-order valence-corrected chi connectivity index (χ3v) is 4.56. The summed E-state index contributed by atoms with van der Waals surface area (Å²) in [6.45, 7) is 1.88. The quantitative estimate of drug-likeness (QED) is 0.541. The van der Waals surface area contributed by atoms with E-state index in [2.05, 4.69) is 9.97 Å². The summed E-state index contributed by atoms with van der Waals surface area (Å²) in [6, 6.07) is 14.3. The predicted octanol–water partition coefficient (Wildman–Crippen LogP) is 4.71. The van der Waals surface area contributed by atoms with Crippen LogP contribution in [0.25, 0.3) is 33.2 Å². The molecule has 0 unspecified atom stereocenters. The molecule has 0 aliphatic heterocycles. The van der Waals surface area contributed by atoms with Crippen LogP contribution in [-0.4, -0.2) is 9.97 Å². The number of nitrogen functional groups attached to an aromatic ring is 2. The lowest BCUT2D eigenvalue weighted by Crippen LogP contribution is -2.02. The van der Waals surface area contributed by atoms with Gasteiger partial charge in [-0.2, -0.15) is 4.98 Å². The number of hydrogen-bond donors (Lipinski definition) is 2. The van der Waals surface area contributed by atoms with E-state index in [9.17, 15) is 8.78 Å². The molecule has 0 aliphatic rings. The van der Waals surface area contributed by atoms with Gasteiger partial charge in [0.15, 0.2) is 0 Å². The fourth-order valence-electron chi connectivity index (χ4n) is 3.31. The Kier molecular flexibility index (Phi) is 3.96. The Hall–Kier alpha value is -3.54. The second kappa shape index (κ2) is 6.32. The largest absolute Gasteiger partial charge is 0.383 e. The summed E-state index contributed by atoms with van der Waals surface area (Å²) in [5.74, 6) is -0.327. The molecular formula is C21H16F2N4. The van der Waals surface area contributed by atoms with E-state index in [1.54, 1.807) is 18.2 Å². The topological polar surface area (TPSA) is 77.8 Å². The van der Waals surface area contributed by atoms with E-state index in [0.29, 0.717) is 22.0 Å². The molecule has 4 aromatic rings. The number of nitrogens with zero attached hydrogens (tertiary/aromatic N) is 2. The lowest BCUT2D eigenvalue weighted by Gasteiger charge is -2.13. The summed E-state index contributed by atoms with van der Waals surface area (Å²) < 4.78 is 27.5. The van der Waals surface area contributed by atoms with Crippen LogP contribution in [0.15, 0.2) is 54.6 Å². The Labute approximate surface area is 154 Å². The maximum atomic E-state index is 14.3. The van der Waals surface area contributed by atoms with E-state index in [-0.39, 0.29) is 23.4 Å². The van der Waals surface area contributed by atoms with Gasteiger partial charge in [0, 0.05) is 5.39 Å². The SMILES string of the molecule is Cc1c(-c2cc(F)cc(-c3ccc(F)cc3)c2)ccc2nc(N)nc(N)c12. The van der Waals surface area contributed by atoms with Gasteiger partial charge in [-0.3, -0.25) is 0 Å². The van der Waals surface area contributed by atoms with E-state index in [1.807, 2.05) is 19.1 Å². The molecular weight excluding hydrogens is 346 g/mol. The van der Waals surface area contributed by atoms with Crippen molar-refractivity contribution in [2.45, 2.75) is 6.92 Å². The molecule has 0 spiro atoms. The van der Waals surface area contributed by atoms with Gasteiger partial charge in [0.1, 0.15) is 17.5 Å². The van der Waals surface area contributed by atoms with E-state index in [4.69, 9.17) is 11.5 Å². The number of anilines is 2. The molecule has 3 aromatic carbocycles. The molecule has 134 valence electrons. The summed E-state index contributed by atoms with van der Waals surface area (Å²) >= 11 is 0. The van der Waals surface area contributed by atoms with Crippen molar-refractivity contribution >= 4 is 22.7 Å². The van der Waals surface area contributed by atoms with Crippen molar-refractivity contribution in [3.63, 3.8) is 0 Å². The van der Waals surface area contributed by atoms with Crippen molar-refractivity contribution in [2.24, 2.45) is 0 Å². The third-order valence-electron chi connectivity index (χ3n) is 4.56. The second-order valence-corrected chi connectivity index (χ2v) is 6.33. The number of aryl methyl sites for hydroxylation is 1. The first-order chi connectivity index (χ1) is 12.9. The Morgan fingerprint density at radius 2 is 1.44 bits per heavy atom. The molecule has 0 atom stereocenters. The number of rotatable bonds is 2. The molecule has 0 saturated heterocycles. The zero-order valence-electron chi connectivity index (χ0n) is 14.5. The summed E-state index contributed by atoms with van der Waals surface area (Å²) in [4.78, 5) is 8.22. The predicted molar refractivity (Wildman–Crippen MR) is 104 cm³/mol. The zero-order chi connectivity index (χ0) is 19.1. The Morgan fingerprint density at radius 1 is 0.741 bits per heavy atom. The number of nitrogens with two attached hydrogens (primary N) is 2. The molecule has 1 aromatic heterocycles. The molecule has 0 amide bonds. The van der Waals surface area contributed by atoms with E-state index in [1.165, 1.54) is 24.3 Å². The van der Waals surface area contributed by atoms with Gasteiger partial charge in [-0.05, 0) is 71.1 Å². The average Bonchev–Trinajstić information content (AvgIpc) is 2.61. The highest BCUT2D eigenvalue weighted by Crippen LogP contribution is 2.34. The molecule has 6 heteroatoms. The average molecular weight is 362 g/mol. The monoisotopic (exact) mass is 362 g/mol. The van der Waals surface area contributed by atoms with Crippen molar-refractivity contribution in [3.8, 4) is 22.3 Å². The summed E-state index contributed by atoms with van der Waals surface area (Å²) in [6.07, 6.45) is 0. The van der Waals surface area contributed by atoms with Crippen molar-refractivity contribution in [1.82, 2.24) is 9.97 Å². The lowest BCUT2D eigenvalue weighted by atomic mass is 9.94. The molecule has 0 bridgehead atoms. The Balaban J connectivity index is 1.91. The number of halogens is 2. The molecule has 0 aliphatic carbocycles. The molecule has 4 nitrogen and oxygen atoms in total. The van der Waals surface area contributed by atoms with Gasteiger partial charge in [-0.25, -0.2) is 13.8 Å². The lowest BCUT2D eigenvalue weighted by molar-refractivity contribution is 0.627. The Bertz CT molecular complexity index is 1170. The van der Waals surface area contributed by atoms with Crippen molar-refractivity contribution < 1.29 is 8.78 Å². The zero-order valence-corrected chi connectivity index (χ0v) is 14.5. The van der Waals surface area contributed by atoms with Gasteiger partial charge in [0.2, 0.25) is 5.95 Å². The molecule has 0 radical (unpaired) electrons.